The molecule has 2 N–H and O–H groups in total. The summed E-state index contributed by atoms with van der Waals surface area (Å²) in [7, 11) is 5.14. The Hall–Kier alpha value is -15.9. The van der Waals surface area contributed by atoms with E-state index in [9.17, 15) is 39.0 Å². The molecule has 2 aliphatic heterocycles. The minimum Gasteiger partial charge on any atom is -0.507 e. The van der Waals surface area contributed by atoms with Crippen molar-refractivity contribution in [2.45, 2.75) is 58.7 Å². The zero-order chi connectivity index (χ0) is 89.7. The van der Waals surface area contributed by atoms with Gasteiger partial charge in [-0.25, -0.2) is 19.2 Å². The van der Waals surface area contributed by atoms with Gasteiger partial charge in [0.05, 0.1) is 51.2 Å². The van der Waals surface area contributed by atoms with E-state index in [0.717, 1.165) is 151 Å². The number of phenols is 1. The highest BCUT2D eigenvalue weighted by Crippen LogP contribution is 2.43. The number of hydrogen-bond acceptors (Lipinski definition) is 14. The lowest BCUT2D eigenvalue weighted by Gasteiger charge is -2.17. The smallest absolute Gasteiger partial charge is 0.347 e. The molecule has 1 saturated heterocycles. The first-order valence-electron chi connectivity index (χ1n) is 42.9. The Morgan fingerprint density at radius 2 is 0.822 bits per heavy atom. The van der Waals surface area contributed by atoms with Gasteiger partial charge in [-0.2, -0.15) is 0 Å². The van der Waals surface area contributed by atoms with Gasteiger partial charge in [0, 0.05) is 56.5 Å². The van der Waals surface area contributed by atoms with Gasteiger partial charge in [0.25, 0.3) is 0 Å². The Bertz CT molecular complexity index is 7130. The lowest BCUT2D eigenvalue weighted by molar-refractivity contribution is -0.145. The number of ether oxygens (including phenoxy) is 6. The molecule has 14 nitrogen and oxygen atoms in total. The summed E-state index contributed by atoms with van der Waals surface area (Å²) in [6.07, 6.45) is 3.02. The van der Waals surface area contributed by atoms with Crippen LogP contribution in [0.25, 0.3) is 108 Å². The molecule has 638 valence electrons. The monoisotopic (exact) mass is 1700 g/mol. The molecule has 3 aliphatic rings. The van der Waals surface area contributed by atoms with Gasteiger partial charge in [0.15, 0.2) is 11.6 Å². The summed E-state index contributed by atoms with van der Waals surface area (Å²) in [6, 6.07) is 123. The maximum absolute atomic E-state index is 12.7. The maximum atomic E-state index is 12.7. The zero-order valence-electron chi connectivity index (χ0n) is 72.1. The molecule has 22 rings (SSSR count). The van der Waals surface area contributed by atoms with E-state index in [4.69, 9.17) is 23.7 Å². The lowest BCUT2D eigenvalue weighted by atomic mass is 9.85. The number of Topliss-reactive ketones (excluding diaryl/α,β-unsaturated/α-hetero) is 1. The van der Waals surface area contributed by atoms with E-state index >= 15 is 0 Å². The standard InChI is InChI=1S/C19H14O4.C18H18O2.C16H16O.C15H12O.C14H10O.C12H6O3.C11H10O.C10H8O/c20-18-16(9-10-22-18)23-19(21)17-14-7-3-1-5-12(14)11-13-6-2-4-8-15(13)17;1-4-12-9-10-15-16(11-12)18(20-3)14-8-6-5-7-13(14)17(15)19-2;1-2-6-16(17)15-11-9-14(10-12-15)13-7-4-3-5-8-13;16-10-15-13-7-3-1-5-11(13)9-12-6-2-4-8-14(12)15;15-14-12-7-3-1-5-10(12)9-11-6-2-4-8-13(11)14;13-11-9-5-7-3-1-2-4-8(7)6-10(9)12(14)15-11;1-12-11-7-6-9-4-2-3-5-10(9)8-11;11-10-7-3-5-8-4-1-2-6-9(8)10/h1-8,11,16H,9-10H2;5-11H,4H2,1-3H3;3-5,7-12H,2,6H2,1H3;1-9,16H,10H2;1-8H,9H2;1-6H;2-8H,1H3;1-7,11H. The molecule has 19 aromatic carbocycles. The molecule has 14 heteroatoms. The summed E-state index contributed by atoms with van der Waals surface area (Å²) in [5, 5.41) is 37.8. The molecule has 0 spiro atoms. The van der Waals surface area contributed by atoms with E-state index in [1.54, 1.807) is 39.5 Å². The quantitative estimate of drug-likeness (QED) is 0.0407. The first kappa shape index (κ1) is 88.0. The fraction of sp³-hybridized carbons (Fsp3) is 0.113. The van der Waals surface area contributed by atoms with Crippen LogP contribution in [-0.2, 0) is 38.5 Å². The van der Waals surface area contributed by atoms with E-state index in [1.165, 1.54) is 32.7 Å². The van der Waals surface area contributed by atoms with E-state index in [-0.39, 0.29) is 18.2 Å². The van der Waals surface area contributed by atoms with Crippen LogP contribution in [0.2, 0.25) is 0 Å². The van der Waals surface area contributed by atoms with Crippen molar-refractivity contribution in [3.05, 3.63) is 432 Å². The number of aromatic hydroxyl groups is 1. The van der Waals surface area contributed by atoms with Crippen LogP contribution in [-0.4, -0.2) is 79.7 Å². The van der Waals surface area contributed by atoms with Gasteiger partial charge in [0.1, 0.15) is 23.0 Å². The first-order valence-corrected chi connectivity index (χ1v) is 42.9. The van der Waals surface area contributed by atoms with Crippen LogP contribution in [0.15, 0.2) is 376 Å². The number of aliphatic hydroxyl groups is 1. The third kappa shape index (κ3) is 20.2. The van der Waals surface area contributed by atoms with Crippen LogP contribution in [0.4, 0.5) is 0 Å². The summed E-state index contributed by atoms with van der Waals surface area (Å²) in [4.78, 5) is 70.7. The third-order valence-electron chi connectivity index (χ3n) is 22.9. The minimum atomic E-state index is -0.805. The molecule has 129 heavy (non-hydrogen) atoms. The maximum Gasteiger partial charge on any atom is 0.347 e. The minimum absolute atomic E-state index is 0.0852. The largest absolute Gasteiger partial charge is 0.507 e. The highest BCUT2D eigenvalue weighted by Gasteiger charge is 2.33. The number of rotatable bonds is 11. The Morgan fingerprint density at radius 1 is 0.380 bits per heavy atom. The van der Waals surface area contributed by atoms with Crippen LogP contribution in [0.5, 0.6) is 23.0 Å². The van der Waals surface area contributed by atoms with Crippen LogP contribution in [0, 0.1) is 0 Å². The first-order chi connectivity index (χ1) is 63.1. The Kier molecular flexibility index (Phi) is 28.5. The number of aryl methyl sites for hydroxylation is 1. The Balaban J connectivity index is 0.000000114. The number of phenolic OH excluding ortho intramolecular Hbond substituents is 1. The lowest BCUT2D eigenvalue weighted by Crippen LogP contribution is -2.23. The summed E-state index contributed by atoms with van der Waals surface area (Å²) in [5.41, 5.74) is 10.7. The van der Waals surface area contributed by atoms with Crippen molar-refractivity contribution in [1.82, 2.24) is 0 Å². The fourth-order valence-corrected chi connectivity index (χ4v) is 16.4. The fourth-order valence-electron chi connectivity index (χ4n) is 16.4. The third-order valence-corrected chi connectivity index (χ3v) is 22.9. The molecule has 0 aromatic heterocycles. The molecule has 0 saturated carbocycles. The Labute approximate surface area is 747 Å². The molecule has 0 amide bonds. The van der Waals surface area contributed by atoms with E-state index in [1.807, 2.05) is 274 Å². The number of hydrogen-bond donors (Lipinski definition) is 2. The number of carbonyl (C=O) groups excluding carboxylic acids is 6. The van der Waals surface area contributed by atoms with Gasteiger partial charge >= 0.3 is 23.9 Å². The molecule has 1 atom stereocenters. The molecule has 0 radical (unpaired) electrons. The van der Waals surface area contributed by atoms with Crippen LogP contribution in [0.1, 0.15) is 113 Å². The van der Waals surface area contributed by atoms with E-state index in [0.29, 0.717) is 41.9 Å². The van der Waals surface area contributed by atoms with Crippen molar-refractivity contribution in [3.63, 3.8) is 0 Å². The highest BCUT2D eigenvalue weighted by molar-refractivity contribution is 6.19. The number of ketones is 2. The van der Waals surface area contributed by atoms with Gasteiger partial charge in [-0.15, -0.1) is 0 Å². The van der Waals surface area contributed by atoms with Crippen molar-refractivity contribution in [2.75, 3.05) is 27.9 Å². The molecule has 1 unspecified atom stereocenters. The van der Waals surface area contributed by atoms with Crippen molar-refractivity contribution >= 4 is 132 Å². The predicted octanol–water partition coefficient (Wildman–Crippen LogP) is 26.2. The summed E-state index contributed by atoms with van der Waals surface area (Å²) >= 11 is 0. The van der Waals surface area contributed by atoms with E-state index in [2.05, 4.69) is 103 Å². The van der Waals surface area contributed by atoms with E-state index < -0.39 is 30.0 Å². The average molecular weight is 1700 g/mol. The second kappa shape index (κ2) is 41.7. The molecular weight excluding hydrogens is 1610 g/mol. The average Bonchev–Trinajstić information content (AvgIpc) is 1.31. The number of fused-ring (bicyclic) bond motifs is 12. The zero-order valence-corrected chi connectivity index (χ0v) is 72.1. The molecular formula is C115H94O14. The molecule has 19 aromatic rings. The highest BCUT2D eigenvalue weighted by atomic mass is 16.6. The second-order valence-electron chi connectivity index (χ2n) is 30.9. The van der Waals surface area contributed by atoms with Gasteiger partial charge < -0.3 is 38.6 Å². The summed E-state index contributed by atoms with van der Waals surface area (Å²) in [6.45, 7) is 4.57. The van der Waals surface area contributed by atoms with Crippen LogP contribution < -0.4 is 14.2 Å². The van der Waals surface area contributed by atoms with Crippen LogP contribution in [0.3, 0.4) is 0 Å². The molecule has 2 heterocycles. The van der Waals surface area contributed by atoms with Gasteiger partial charge in [-0.3, -0.25) is 9.59 Å². The van der Waals surface area contributed by atoms with Crippen molar-refractivity contribution in [1.29, 1.82) is 0 Å². The second-order valence-corrected chi connectivity index (χ2v) is 30.9. The molecule has 1 aliphatic carbocycles. The topological polar surface area (TPSA) is 198 Å². The predicted molar refractivity (Wildman–Crippen MR) is 518 cm³/mol. The number of aliphatic hydroxyl groups excluding tert-OH is 1. The number of esters is 4. The van der Waals surface area contributed by atoms with Crippen LogP contribution >= 0.6 is 0 Å². The summed E-state index contributed by atoms with van der Waals surface area (Å²) < 4.78 is 31.3. The number of cyclic esters (lactones) is 3. The number of methoxy groups -OCH3 is 3. The number of benzene rings is 19. The van der Waals surface area contributed by atoms with Crippen molar-refractivity contribution in [2.24, 2.45) is 0 Å². The molecule has 1 fully saturated rings. The van der Waals surface area contributed by atoms with Crippen molar-refractivity contribution in [3.8, 4) is 34.1 Å². The van der Waals surface area contributed by atoms with Gasteiger partial charge in [-0.1, -0.05) is 341 Å². The van der Waals surface area contributed by atoms with Crippen molar-refractivity contribution < 1.29 is 67.4 Å². The number of carbonyl (C=O) groups is 6. The normalized spacial score (nSPS) is 12.5. The van der Waals surface area contributed by atoms with Gasteiger partial charge in [-0.05, 0) is 171 Å². The summed E-state index contributed by atoms with van der Waals surface area (Å²) in [5.74, 6) is 1.42. The Morgan fingerprint density at radius 3 is 1.33 bits per heavy atom. The molecule has 0 bridgehead atoms. The SMILES string of the molecule is CCCC(=O)c1ccc(-c2ccccc2)cc1.CCc1ccc2c(OC)c3ccccc3c(OC)c2c1.COc1ccc2ccccc2c1.O=C(OC1CCOC1=O)c1c2ccccc2cc2ccccc12.O=C1OC(=O)c2cc3ccccc3cc21.O=C1c2ccccc2Cc2ccccc21.OCc1c2ccccc2cc2ccccc12.Oc1cccc2ccccc12. The van der Waals surface area contributed by atoms with Gasteiger partial charge in [0.2, 0.25) is 6.10 Å².